The highest BCUT2D eigenvalue weighted by Crippen LogP contribution is 2.38. The summed E-state index contributed by atoms with van der Waals surface area (Å²) in [5.41, 5.74) is -0.772. The molecule has 0 saturated heterocycles. The number of rotatable bonds is 1. The molecule has 1 aliphatic carbocycles. The van der Waals surface area contributed by atoms with E-state index in [9.17, 15) is 18.0 Å². The van der Waals surface area contributed by atoms with Gasteiger partial charge in [-0.3, -0.25) is 0 Å². The first-order valence-electron chi connectivity index (χ1n) is 7.12. The van der Waals surface area contributed by atoms with Gasteiger partial charge in [-0.1, -0.05) is 29.3 Å². The Morgan fingerprint density at radius 1 is 1.21 bits per heavy atom. The molecule has 0 amide bonds. The number of halogens is 5. The van der Waals surface area contributed by atoms with Gasteiger partial charge in [-0.15, -0.1) is 0 Å². The number of aromatic nitrogens is 2. The Kier molecular flexibility index (Phi) is 4.44. The number of allylic oxidation sites excluding steroid dienone is 1. The number of H-pyrrole nitrogens is 1. The van der Waals surface area contributed by atoms with Crippen molar-refractivity contribution in [3.05, 3.63) is 61.2 Å². The van der Waals surface area contributed by atoms with Crippen LogP contribution in [-0.4, -0.2) is 9.97 Å². The molecule has 0 saturated carbocycles. The Labute approximate surface area is 145 Å². The predicted molar refractivity (Wildman–Crippen MR) is 87.1 cm³/mol. The first kappa shape index (κ1) is 17.0. The number of nitrogens with zero attached hydrogens (tertiary/aromatic N) is 1. The molecule has 1 aromatic carbocycles. The van der Waals surface area contributed by atoms with Gasteiger partial charge in [0.15, 0.2) is 0 Å². The van der Waals surface area contributed by atoms with Gasteiger partial charge >= 0.3 is 11.9 Å². The Bertz CT molecular complexity index is 888. The SMILES string of the molecule is O=c1nc2c(c(C(F)(F)F)[nH]1)CCCC2=Cc1ccc(Cl)cc1Cl. The maximum Gasteiger partial charge on any atom is 0.431 e. The molecule has 126 valence electrons. The molecule has 3 nitrogen and oxygen atoms in total. The summed E-state index contributed by atoms with van der Waals surface area (Å²) in [7, 11) is 0. The van der Waals surface area contributed by atoms with E-state index >= 15 is 0 Å². The van der Waals surface area contributed by atoms with Crippen molar-refractivity contribution in [2.45, 2.75) is 25.4 Å². The molecule has 1 aromatic heterocycles. The molecule has 3 rings (SSSR count). The fraction of sp³-hybridized carbons (Fsp3) is 0.250. The van der Waals surface area contributed by atoms with Crippen LogP contribution in [0, 0.1) is 0 Å². The molecule has 8 heteroatoms. The summed E-state index contributed by atoms with van der Waals surface area (Å²) in [5.74, 6) is 0. The third kappa shape index (κ3) is 3.35. The van der Waals surface area contributed by atoms with Crippen molar-refractivity contribution in [2.75, 3.05) is 0 Å². The number of aromatic amines is 1. The molecule has 1 N–H and O–H groups in total. The molecule has 0 atom stereocenters. The van der Waals surface area contributed by atoms with E-state index in [2.05, 4.69) is 4.98 Å². The summed E-state index contributed by atoms with van der Waals surface area (Å²) in [5, 5.41) is 0.836. The molecule has 0 aliphatic heterocycles. The lowest BCUT2D eigenvalue weighted by atomic mass is 9.89. The molecule has 0 bridgehead atoms. The third-order valence-electron chi connectivity index (χ3n) is 3.79. The van der Waals surface area contributed by atoms with E-state index in [0.717, 1.165) is 0 Å². The quantitative estimate of drug-likeness (QED) is 0.765. The number of fused-ring (bicyclic) bond motifs is 1. The second kappa shape index (κ2) is 6.26. The van der Waals surface area contributed by atoms with Gasteiger partial charge in [0.05, 0.1) is 5.69 Å². The molecule has 0 fully saturated rings. The molecule has 24 heavy (non-hydrogen) atoms. The van der Waals surface area contributed by atoms with Crippen LogP contribution in [0.5, 0.6) is 0 Å². The average molecular weight is 375 g/mol. The molecular formula is C16H11Cl2F3N2O. The lowest BCUT2D eigenvalue weighted by Crippen LogP contribution is -2.25. The number of alkyl halides is 3. The van der Waals surface area contributed by atoms with Gasteiger partial charge in [0.25, 0.3) is 0 Å². The Hall–Kier alpha value is -1.79. The highest BCUT2D eigenvalue weighted by molar-refractivity contribution is 6.35. The molecule has 2 aromatic rings. The molecule has 1 aliphatic rings. The zero-order valence-corrected chi connectivity index (χ0v) is 13.7. The van der Waals surface area contributed by atoms with E-state index in [-0.39, 0.29) is 17.7 Å². The van der Waals surface area contributed by atoms with Crippen LogP contribution in [0.25, 0.3) is 11.6 Å². The lowest BCUT2D eigenvalue weighted by molar-refractivity contribution is -0.142. The van der Waals surface area contributed by atoms with Crippen LogP contribution in [0.4, 0.5) is 13.2 Å². The summed E-state index contributed by atoms with van der Waals surface area (Å²) < 4.78 is 39.5. The highest BCUT2D eigenvalue weighted by atomic mass is 35.5. The van der Waals surface area contributed by atoms with E-state index in [1.54, 1.807) is 24.3 Å². The van der Waals surface area contributed by atoms with Crippen LogP contribution >= 0.6 is 23.2 Å². The van der Waals surface area contributed by atoms with Crippen molar-refractivity contribution in [1.29, 1.82) is 0 Å². The summed E-state index contributed by atoms with van der Waals surface area (Å²) in [4.78, 5) is 17.2. The topological polar surface area (TPSA) is 45.8 Å². The van der Waals surface area contributed by atoms with Gasteiger partial charge < -0.3 is 4.98 Å². The molecular weight excluding hydrogens is 364 g/mol. The van der Waals surface area contributed by atoms with Gasteiger partial charge in [0, 0.05) is 15.6 Å². The van der Waals surface area contributed by atoms with Crippen LogP contribution in [0.2, 0.25) is 10.0 Å². The van der Waals surface area contributed by atoms with Crippen molar-refractivity contribution >= 4 is 34.9 Å². The largest absolute Gasteiger partial charge is 0.431 e. The normalized spacial score (nSPS) is 16.3. The van der Waals surface area contributed by atoms with Gasteiger partial charge in [-0.25, -0.2) is 4.79 Å². The first-order valence-corrected chi connectivity index (χ1v) is 7.87. The van der Waals surface area contributed by atoms with Gasteiger partial charge in [0.1, 0.15) is 5.69 Å². The lowest BCUT2D eigenvalue weighted by Gasteiger charge is -2.21. The maximum absolute atomic E-state index is 13.2. The number of benzene rings is 1. The first-order chi connectivity index (χ1) is 11.3. The zero-order valence-electron chi connectivity index (χ0n) is 12.2. The summed E-state index contributed by atoms with van der Waals surface area (Å²) >= 11 is 12.0. The zero-order chi connectivity index (χ0) is 17.5. The van der Waals surface area contributed by atoms with E-state index < -0.39 is 17.6 Å². The van der Waals surface area contributed by atoms with Crippen molar-refractivity contribution < 1.29 is 13.2 Å². The van der Waals surface area contributed by atoms with E-state index in [4.69, 9.17) is 23.2 Å². The highest BCUT2D eigenvalue weighted by Gasteiger charge is 2.37. The van der Waals surface area contributed by atoms with Gasteiger partial charge in [-0.2, -0.15) is 18.2 Å². The maximum atomic E-state index is 13.2. The standard InChI is InChI=1S/C16H11Cl2F3N2O/c17-10-5-4-8(12(18)7-10)6-9-2-1-3-11-13(9)22-15(24)23-14(11)16(19,20)21/h4-7H,1-3H2,(H,22,23,24). The fourth-order valence-electron chi connectivity index (χ4n) is 2.77. The third-order valence-corrected chi connectivity index (χ3v) is 4.35. The minimum Gasteiger partial charge on any atom is -0.301 e. The monoisotopic (exact) mass is 374 g/mol. The van der Waals surface area contributed by atoms with Gasteiger partial charge in [-0.05, 0) is 48.6 Å². The van der Waals surface area contributed by atoms with Crippen molar-refractivity contribution in [2.24, 2.45) is 0 Å². The Balaban J connectivity index is 2.17. The Morgan fingerprint density at radius 2 is 1.96 bits per heavy atom. The van der Waals surface area contributed by atoms with Crippen LogP contribution < -0.4 is 5.69 Å². The number of hydrogen-bond donors (Lipinski definition) is 1. The average Bonchev–Trinajstić information content (AvgIpc) is 2.49. The van der Waals surface area contributed by atoms with Crippen LogP contribution in [0.1, 0.15) is 35.4 Å². The molecule has 0 spiro atoms. The predicted octanol–water partition coefficient (Wildman–Crippen LogP) is 4.97. The summed E-state index contributed by atoms with van der Waals surface area (Å²) in [6.45, 7) is 0. The second-order valence-corrected chi connectivity index (χ2v) is 6.27. The van der Waals surface area contributed by atoms with Crippen LogP contribution in [-0.2, 0) is 12.6 Å². The smallest absolute Gasteiger partial charge is 0.301 e. The second-order valence-electron chi connectivity index (χ2n) is 5.43. The van der Waals surface area contributed by atoms with Crippen LogP contribution in [0.15, 0.2) is 23.0 Å². The van der Waals surface area contributed by atoms with E-state index in [0.29, 0.717) is 34.0 Å². The Morgan fingerprint density at radius 3 is 2.62 bits per heavy atom. The fourth-order valence-corrected chi connectivity index (χ4v) is 3.23. The molecule has 0 unspecified atom stereocenters. The summed E-state index contributed by atoms with van der Waals surface area (Å²) in [6.07, 6.45) is -1.73. The molecule has 0 radical (unpaired) electrons. The molecule has 1 heterocycles. The number of nitrogens with one attached hydrogen (secondary N) is 1. The minimum atomic E-state index is -4.63. The van der Waals surface area contributed by atoms with E-state index in [1.165, 1.54) is 0 Å². The minimum absolute atomic E-state index is 0.0182. The van der Waals surface area contributed by atoms with Crippen molar-refractivity contribution in [3.63, 3.8) is 0 Å². The van der Waals surface area contributed by atoms with Crippen molar-refractivity contribution in [3.8, 4) is 0 Å². The van der Waals surface area contributed by atoms with Crippen molar-refractivity contribution in [1.82, 2.24) is 9.97 Å². The summed E-state index contributed by atoms with van der Waals surface area (Å²) in [6, 6.07) is 4.85. The van der Waals surface area contributed by atoms with Gasteiger partial charge in [0.2, 0.25) is 0 Å². The van der Waals surface area contributed by atoms with E-state index in [1.807, 2.05) is 4.98 Å². The number of hydrogen-bond acceptors (Lipinski definition) is 2. The van der Waals surface area contributed by atoms with Crippen LogP contribution in [0.3, 0.4) is 0 Å².